The first-order valence-corrected chi connectivity index (χ1v) is 7.59. The van der Waals surface area contributed by atoms with Crippen molar-refractivity contribution in [3.05, 3.63) is 28.8 Å². The molecule has 0 heterocycles. The average Bonchev–Trinajstić information content (AvgIpc) is 2.21. The SMILES string of the molecule is CC(C)C(C)S(=O)(=O)Cc1ccc(N)cc1Cl. The van der Waals surface area contributed by atoms with Crippen molar-refractivity contribution in [3.63, 3.8) is 0 Å². The Bertz CT molecular complexity index is 497. The molecule has 0 radical (unpaired) electrons. The first-order valence-electron chi connectivity index (χ1n) is 5.49. The first-order chi connectivity index (χ1) is 7.74. The van der Waals surface area contributed by atoms with Gasteiger partial charge < -0.3 is 5.73 Å². The quantitative estimate of drug-likeness (QED) is 0.860. The largest absolute Gasteiger partial charge is 0.399 e. The number of hydrogen-bond acceptors (Lipinski definition) is 3. The van der Waals surface area contributed by atoms with E-state index in [1.807, 2.05) is 13.8 Å². The third-order valence-electron chi connectivity index (χ3n) is 2.94. The number of nitrogens with two attached hydrogens (primary N) is 1. The van der Waals surface area contributed by atoms with E-state index in [1.54, 1.807) is 25.1 Å². The van der Waals surface area contributed by atoms with Crippen LogP contribution in [-0.4, -0.2) is 13.7 Å². The standard InChI is InChI=1S/C12H18ClNO2S/c1-8(2)9(3)17(15,16)7-10-4-5-11(14)6-12(10)13/h4-6,8-9H,7,14H2,1-3H3. The van der Waals surface area contributed by atoms with Crippen molar-refractivity contribution in [3.8, 4) is 0 Å². The number of nitrogen functional groups attached to an aromatic ring is 1. The highest BCUT2D eigenvalue weighted by atomic mass is 35.5. The van der Waals surface area contributed by atoms with Gasteiger partial charge in [-0.1, -0.05) is 31.5 Å². The van der Waals surface area contributed by atoms with Gasteiger partial charge in [-0.3, -0.25) is 0 Å². The van der Waals surface area contributed by atoms with E-state index in [0.717, 1.165) is 0 Å². The second-order valence-corrected chi connectivity index (χ2v) is 7.37. The molecule has 0 spiro atoms. The van der Waals surface area contributed by atoms with Crippen molar-refractivity contribution in [2.75, 3.05) is 5.73 Å². The van der Waals surface area contributed by atoms with Crippen LogP contribution in [0.2, 0.25) is 5.02 Å². The summed E-state index contributed by atoms with van der Waals surface area (Å²) in [6, 6.07) is 4.91. The van der Waals surface area contributed by atoms with Crippen LogP contribution >= 0.6 is 11.6 Å². The van der Waals surface area contributed by atoms with Crippen LogP contribution in [0.1, 0.15) is 26.3 Å². The van der Waals surface area contributed by atoms with Gasteiger partial charge >= 0.3 is 0 Å². The Morgan fingerprint density at radius 3 is 2.35 bits per heavy atom. The number of hydrogen-bond donors (Lipinski definition) is 1. The topological polar surface area (TPSA) is 60.2 Å². The summed E-state index contributed by atoms with van der Waals surface area (Å²) in [5, 5.41) is 0.0284. The minimum atomic E-state index is -3.17. The van der Waals surface area contributed by atoms with E-state index in [1.165, 1.54) is 0 Å². The van der Waals surface area contributed by atoms with E-state index < -0.39 is 9.84 Å². The van der Waals surface area contributed by atoms with Crippen LogP contribution < -0.4 is 5.73 Å². The zero-order chi connectivity index (χ0) is 13.2. The second-order valence-electron chi connectivity index (χ2n) is 4.61. The molecule has 17 heavy (non-hydrogen) atoms. The summed E-state index contributed by atoms with van der Waals surface area (Å²) < 4.78 is 24.2. The van der Waals surface area contributed by atoms with Gasteiger partial charge in [0.25, 0.3) is 0 Å². The molecule has 0 saturated carbocycles. The lowest BCUT2D eigenvalue weighted by atomic mass is 10.2. The highest BCUT2D eigenvalue weighted by Gasteiger charge is 2.24. The molecule has 0 aliphatic carbocycles. The fourth-order valence-corrected chi connectivity index (χ4v) is 3.56. The van der Waals surface area contributed by atoms with Crippen molar-refractivity contribution < 1.29 is 8.42 Å². The van der Waals surface area contributed by atoms with E-state index >= 15 is 0 Å². The summed E-state index contributed by atoms with van der Waals surface area (Å²) in [4.78, 5) is 0. The highest BCUT2D eigenvalue weighted by molar-refractivity contribution is 7.91. The molecule has 1 aromatic rings. The molecule has 1 aromatic carbocycles. The van der Waals surface area contributed by atoms with E-state index in [0.29, 0.717) is 16.3 Å². The summed E-state index contributed by atoms with van der Waals surface area (Å²) in [6.07, 6.45) is 0. The summed E-state index contributed by atoms with van der Waals surface area (Å²) >= 11 is 5.98. The molecule has 96 valence electrons. The molecular weight excluding hydrogens is 258 g/mol. The van der Waals surface area contributed by atoms with Crippen LogP contribution in [0.5, 0.6) is 0 Å². The molecule has 3 nitrogen and oxygen atoms in total. The molecule has 0 fully saturated rings. The molecule has 1 rings (SSSR count). The third-order valence-corrected chi connectivity index (χ3v) is 5.68. The lowest BCUT2D eigenvalue weighted by Gasteiger charge is -2.16. The molecule has 0 aliphatic heterocycles. The summed E-state index contributed by atoms with van der Waals surface area (Å²) in [5.41, 5.74) is 6.71. The Kier molecular flexibility index (Phi) is 4.44. The Morgan fingerprint density at radius 1 is 1.29 bits per heavy atom. The highest BCUT2D eigenvalue weighted by Crippen LogP contribution is 2.24. The van der Waals surface area contributed by atoms with Crippen LogP contribution in [-0.2, 0) is 15.6 Å². The molecule has 1 atom stereocenters. The number of sulfone groups is 1. The van der Waals surface area contributed by atoms with Gasteiger partial charge in [0.1, 0.15) is 0 Å². The summed E-state index contributed by atoms with van der Waals surface area (Å²) in [6.45, 7) is 5.52. The predicted octanol–water partition coefficient (Wildman–Crippen LogP) is 2.88. The van der Waals surface area contributed by atoms with E-state index in [4.69, 9.17) is 17.3 Å². The van der Waals surface area contributed by atoms with Crippen molar-refractivity contribution >= 4 is 27.1 Å². The summed E-state index contributed by atoms with van der Waals surface area (Å²) in [5.74, 6) is 0.0541. The van der Waals surface area contributed by atoms with Crippen LogP contribution in [0, 0.1) is 5.92 Å². The monoisotopic (exact) mass is 275 g/mol. The van der Waals surface area contributed by atoms with Crippen LogP contribution in [0.4, 0.5) is 5.69 Å². The number of rotatable bonds is 4. The van der Waals surface area contributed by atoms with Crippen LogP contribution in [0.25, 0.3) is 0 Å². The number of benzene rings is 1. The lowest BCUT2D eigenvalue weighted by molar-refractivity contribution is 0.545. The van der Waals surface area contributed by atoms with Gasteiger partial charge in [0.15, 0.2) is 9.84 Å². The second kappa shape index (κ2) is 5.27. The van der Waals surface area contributed by atoms with Crippen molar-refractivity contribution in [2.45, 2.75) is 31.8 Å². The molecule has 0 amide bonds. The smallest absolute Gasteiger partial charge is 0.157 e. The predicted molar refractivity (Wildman–Crippen MR) is 72.8 cm³/mol. The van der Waals surface area contributed by atoms with Crippen molar-refractivity contribution in [2.24, 2.45) is 5.92 Å². The first kappa shape index (κ1) is 14.3. The molecule has 1 unspecified atom stereocenters. The van der Waals surface area contributed by atoms with Gasteiger partial charge in [-0.15, -0.1) is 0 Å². The van der Waals surface area contributed by atoms with E-state index in [2.05, 4.69) is 0 Å². The maximum Gasteiger partial charge on any atom is 0.157 e. The third kappa shape index (κ3) is 3.61. The van der Waals surface area contributed by atoms with Crippen LogP contribution in [0.3, 0.4) is 0 Å². The molecule has 0 aromatic heterocycles. The van der Waals surface area contributed by atoms with Gasteiger partial charge in [-0.2, -0.15) is 0 Å². The zero-order valence-electron chi connectivity index (χ0n) is 10.3. The van der Waals surface area contributed by atoms with Crippen molar-refractivity contribution in [1.29, 1.82) is 0 Å². The number of anilines is 1. The van der Waals surface area contributed by atoms with Gasteiger partial charge in [0.05, 0.1) is 11.0 Å². The summed E-state index contributed by atoms with van der Waals surface area (Å²) in [7, 11) is -3.17. The van der Waals surface area contributed by atoms with Crippen LogP contribution in [0.15, 0.2) is 18.2 Å². The van der Waals surface area contributed by atoms with E-state index in [9.17, 15) is 8.42 Å². The molecule has 0 saturated heterocycles. The van der Waals surface area contributed by atoms with E-state index in [-0.39, 0.29) is 16.9 Å². The van der Waals surface area contributed by atoms with Gasteiger partial charge in [-0.25, -0.2) is 8.42 Å². The molecule has 5 heteroatoms. The van der Waals surface area contributed by atoms with Gasteiger partial charge in [0.2, 0.25) is 0 Å². The fourth-order valence-electron chi connectivity index (χ4n) is 1.44. The Hall–Kier alpha value is -0.740. The van der Waals surface area contributed by atoms with Gasteiger partial charge in [0, 0.05) is 10.7 Å². The molecule has 0 aliphatic rings. The van der Waals surface area contributed by atoms with Gasteiger partial charge in [-0.05, 0) is 30.5 Å². The Balaban J connectivity index is 2.98. The molecular formula is C12H18ClNO2S. The maximum atomic E-state index is 12.1. The van der Waals surface area contributed by atoms with Crippen molar-refractivity contribution in [1.82, 2.24) is 0 Å². The minimum absolute atomic E-state index is 0.0363. The fraction of sp³-hybridized carbons (Fsp3) is 0.500. The Labute approximate surface area is 108 Å². The molecule has 2 N–H and O–H groups in total. The normalized spacial score (nSPS) is 13.9. The maximum absolute atomic E-state index is 12.1. The average molecular weight is 276 g/mol. The number of halogens is 1. The minimum Gasteiger partial charge on any atom is -0.399 e. The zero-order valence-corrected chi connectivity index (χ0v) is 11.8. The lowest BCUT2D eigenvalue weighted by Crippen LogP contribution is -2.24. The Morgan fingerprint density at radius 2 is 1.88 bits per heavy atom. The molecule has 0 bridgehead atoms.